The number of nitrogens with zero attached hydrogens (tertiary/aromatic N) is 2. The summed E-state index contributed by atoms with van der Waals surface area (Å²) in [4.78, 5) is 8.83. The van der Waals surface area contributed by atoms with Gasteiger partial charge >= 0.3 is 0 Å². The van der Waals surface area contributed by atoms with Gasteiger partial charge in [-0.25, -0.2) is 0 Å². The van der Waals surface area contributed by atoms with Crippen molar-refractivity contribution in [3.63, 3.8) is 0 Å². The van der Waals surface area contributed by atoms with Crippen LogP contribution in [0.3, 0.4) is 0 Å². The third-order valence-corrected chi connectivity index (χ3v) is 5.96. The Morgan fingerprint density at radius 3 is 1.31 bits per heavy atom. The van der Waals surface area contributed by atoms with Gasteiger partial charge in [-0.1, -0.05) is 90.1 Å². The number of benzene rings is 3. The summed E-state index contributed by atoms with van der Waals surface area (Å²) in [6.45, 7) is 13.5. The van der Waals surface area contributed by atoms with E-state index in [1.165, 1.54) is 33.4 Å². The van der Waals surface area contributed by atoms with Crippen LogP contribution < -0.4 is 0 Å². The van der Waals surface area contributed by atoms with E-state index in [0.29, 0.717) is 0 Å². The van der Waals surface area contributed by atoms with Crippen LogP contribution in [-0.4, -0.2) is 9.97 Å². The summed E-state index contributed by atoms with van der Waals surface area (Å²) >= 11 is 0. The fourth-order valence-corrected chi connectivity index (χ4v) is 3.88. The van der Waals surface area contributed by atoms with E-state index in [4.69, 9.17) is 0 Å². The predicted molar refractivity (Wildman–Crippen MR) is 136 cm³/mol. The second-order valence-corrected chi connectivity index (χ2v) is 10.5. The number of hydrogen-bond donors (Lipinski definition) is 0. The van der Waals surface area contributed by atoms with Gasteiger partial charge in [0.05, 0.1) is 11.9 Å². The van der Waals surface area contributed by atoms with Crippen molar-refractivity contribution < 1.29 is 0 Å². The predicted octanol–water partition coefficient (Wildman–Crippen LogP) is 8.07. The van der Waals surface area contributed by atoms with Crippen molar-refractivity contribution in [1.82, 2.24) is 9.97 Å². The average molecular weight is 421 g/mol. The lowest BCUT2D eigenvalue weighted by molar-refractivity contribution is 0.590. The first kappa shape index (κ1) is 22.0. The maximum atomic E-state index is 4.55. The molecule has 0 spiro atoms. The van der Waals surface area contributed by atoms with Gasteiger partial charge in [0.1, 0.15) is 0 Å². The molecule has 4 rings (SSSR count). The smallest absolute Gasteiger partial charge is 0.0885 e. The number of aromatic nitrogens is 2. The normalized spacial score (nSPS) is 12.1. The van der Waals surface area contributed by atoms with Crippen LogP contribution in [0.25, 0.3) is 33.5 Å². The van der Waals surface area contributed by atoms with Crippen LogP contribution >= 0.6 is 0 Å². The summed E-state index contributed by atoms with van der Waals surface area (Å²) in [7, 11) is 0. The van der Waals surface area contributed by atoms with Crippen LogP contribution in [0.2, 0.25) is 0 Å². The molecule has 0 saturated heterocycles. The molecule has 2 nitrogen and oxygen atoms in total. The molecule has 0 bridgehead atoms. The van der Waals surface area contributed by atoms with Crippen LogP contribution in [0, 0.1) is 0 Å². The lowest BCUT2D eigenvalue weighted by Crippen LogP contribution is -2.10. The highest BCUT2D eigenvalue weighted by atomic mass is 14.8. The van der Waals surface area contributed by atoms with Crippen molar-refractivity contribution in [3.8, 4) is 33.5 Å². The Balaban J connectivity index is 1.82. The zero-order chi connectivity index (χ0) is 22.9. The molecule has 0 N–H and O–H groups in total. The van der Waals surface area contributed by atoms with Crippen LogP contribution in [-0.2, 0) is 10.8 Å². The van der Waals surface area contributed by atoms with Crippen molar-refractivity contribution >= 4 is 0 Å². The fraction of sp³-hybridized carbons (Fsp3) is 0.267. The molecule has 32 heavy (non-hydrogen) atoms. The molecule has 1 heterocycles. The van der Waals surface area contributed by atoms with E-state index in [1.807, 2.05) is 6.20 Å². The summed E-state index contributed by atoms with van der Waals surface area (Å²) in [5.74, 6) is 0. The van der Waals surface area contributed by atoms with Gasteiger partial charge in [0.25, 0.3) is 0 Å². The molecule has 1 aromatic heterocycles. The summed E-state index contributed by atoms with van der Waals surface area (Å²) in [6.07, 6.45) is 5.29. The summed E-state index contributed by atoms with van der Waals surface area (Å²) < 4.78 is 0. The molecule has 0 amide bonds. The molecule has 0 aliphatic heterocycles. The largest absolute Gasteiger partial charge is 0.261 e. The molecular weight excluding hydrogens is 388 g/mol. The van der Waals surface area contributed by atoms with Gasteiger partial charge in [0.2, 0.25) is 0 Å². The molecule has 0 aliphatic rings. The lowest BCUT2D eigenvalue weighted by atomic mass is 9.85. The number of hydrogen-bond acceptors (Lipinski definition) is 2. The summed E-state index contributed by atoms with van der Waals surface area (Å²) in [6, 6.07) is 24.6. The molecule has 2 heteroatoms. The monoisotopic (exact) mass is 420 g/mol. The molecule has 0 aliphatic carbocycles. The zero-order valence-electron chi connectivity index (χ0n) is 20.0. The highest BCUT2D eigenvalue weighted by molar-refractivity contribution is 5.80. The van der Waals surface area contributed by atoms with Gasteiger partial charge in [-0.05, 0) is 62.4 Å². The molecule has 0 atom stereocenters. The van der Waals surface area contributed by atoms with E-state index >= 15 is 0 Å². The Hall–Kier alpha value is -3.26. The summed E-state index contributed by atoms with van der Waals surface area (Å²) in [5.41, 5.74) is 9.69. The van der Waals surface area contributed by atoms with Crippen LogP contribution in [0.4, 0.5) is 0 Å². The number of rotatable bonds is 3. The van der Waals surface area contributed by atoms with E-state index in [-0.39, 0.29) is 10.8 Å². The quantitative estimate of drug-likeness (QED) is 0.335. The Kier molecular flexibility index (Phi) is 5.73. The van der Waals surface area contributed by atoms with Gasteiger partial charge < -0.3 is 0 Å². The minimum atomic E-state index is 0.139. The molecule has 162 valence electrons. The maximum Gasteiger partial charge on any atom is 0.0885 e. The lowest BCUT2D eigenvalue weighted by Gasteiger charge is -2.20. The molecule has 4 aromatic rings. The van der Waals surface area contributed by atoms with Crippen LogP contribution in [0.15, 0.2) is 85.3 Å². The molecule has 0 unspecified atom stereocenters. The SMILES string of the molecule is CC(C)(C)c1ccc(-c2cc(-c3ccc(C(C)(C)C)cc3)cc(-c3cnccn3)c2)cc1. The second-order valence-electron chi connectivity index (χ2n) is 10.5. The van der Waals surface area contributed by atoms with Crippen LogP contribution in [0.5, 0.6) is 0 Å². The minimum absolute atomic E-state index is 0.139. The molecule has 0 fully saturated rings. The molecular formula is C30H32N2. The van der Waals surface area contributed by atoms with E-state index in [1.54, 1.807) is 12.4 Å². The second kappa shape index (κ2) is 8.35. The highest BCUT2D eigenvalue weighted by Crippen LogP contribution is 2.34. The van der Waals surface area contributed by atoms with Crippen molar-refractivity contribution in [3.05, 3.63) is 96.4 Å². The first-order valence-corrected chi connectivity index (χ1v) is 11.2. The molecule has 0 saturated carbocycles. The van der Waals surface area contributed by atoms with E-state index in [0.717, 1.165) is 11.3 Å². The summed E-state index contributed by atoms with van der Waals surface area (Å²) in [5, 5.41) is 0. The fourth-order valence-electron chi connectivity index (χ4n) is 3.88. The van der Waals surface area contributed by atoms with Crippen molar-refractivity contribution in [2.45, 2.75) is 52.4 Å². The molecule has 3 aromatic carbocycles. The van der Waals surface area contributed by atoms with Gasteiger partial charge in [-0.3, -0.25) is 9.97 Å². The Morgan fingerprint density at radius 1 is 0.500 bits per heavy atom. The topological polar surface area (TPSA) is 25.8 Å². The van der Waals surface area contributed by atoms with E-state index in [9.17, 15) is 0 Å². The third-order valence-electron chi connectivity index (χ3n) is 5.96. The molecule has 0 radical (unpaired) electrons. The van der Waals surface area contributed by atoms with E-state index in [2.05, 4.69) is 118 Å². The third kappa shape index (κ3) is 4.80. The Bertz CT molecular complexity index is 1120. The Labute approximate surface area is 192 Å². The van der Waals surface area contributed by atoms with Crippen molar-refractivity contribution in [2.75, 3.05) is 0 Å². The minimum Gasteiger partial charge on any atom is -0.261 e. The van der Waals surface area contributed by atoms with Crippen LogP contribution in [0.1, 0.15) is 52.7 Å². The van der Waals surface area contributed by atoms with Gasteiger partial charge in [0.15, 0.2) is 0 Å². The maximum absolute atomic E-state index is 4.55. The standard InChI is InChI=1S/C30H32N2/c1-29(2,3)26-11-7-21(8-12-26)23-17-24(19-25(18-23)28-20-31-15-16-32-28)22-9-13-27(14-10-22)30(4,5)6/h7-20H,1-6H3. The van der Waals surface area contributed by atoms with E-state index < -0.39 is 0 Å². The average Bonchev–Trinajstić information content (AvgIpc) is 2.78. The Morgan fingerprint density at radius 2 is 0.938 bits per heavy atom. The zero-order valence-corrected chi connectivity index (χ0v) is 20.0. The van der Waals surface area contributed by atoms with Crippen molar-refractivity contribution in [2.24, 2.45) is 0 Å². The van der Waals surface area contributed by atoms with Gasteiger partial charge in [-0.2, -0.15) is 0 Å². The first-order chi connectivity index (χ1) is 15.1. The highest BCUT2D eigenvalue weighted by Gasteiger charge is 2.15. The van der Waals surface area contributed by atoms with Gasteiger partial charge in [-0.15, -0.1) is 0 Å². The van der Waals surface area contributed by atoms with Gasteiger partial charge in [0, 0.05) is 18.0 Å². The van der Waals surface area contributed by atoms with Crippen molar-refractivity contribution in [1.29, 1.82) is 0 Å². The first-order valence-electron chi connectivity index (χ1n) is 11.2.